The number of methoxy groups -OCH3 is 2. The van der Waals surface area contributed by atoms with Crippen LogP contribution < -0.4 is 14.4 Å². The zero-order chi connectivity index (χ0) is 36.1. The Morgan fingerprint density at radius 1 is 1.12 bits per heavy atom. The number of allylic oxidation sites excluding steroid dienone is 1. The van der Waals surface area contributed by atoms with Crippen LogP contribution in [-0.2, 0) is 39.0 Å². The molecule has 3 aromatic rings. The van der Waals surface area contributed by atoms with Crippen LogP contribution in [0.25, 0.3) is 0 Å². The van der Waals surface area contributed by atoms with Crippen molar-refractivity contribution in [1.29, 1.82) is 0 Å². The highest BCUT2D eigenvalue weighted by Crippen LogP contribution is 2.42. The van der Waals surface area contributed by atoms with Crippen molar-refractivity contribution in [2.45, 2.75) is 71.6 Å². The largest absolute Gasteiger partial charge is 0.491 e. The second-order valence-corrected chi connectivity index (χ2v) is 16.5. The van der Waals surface area contributed by atoms with E-state index in [0.717, 1.165) is 49.9 Å². The van der Waals surface area contributed by atoms with E-state index in [-0.39, 0.29) is 35.7 Å². The van der Waals surface area contributed by atoms with Gasteiger partial charge in [-0.2, -0.15) is 0 Å². The maximum absolute atomic E-state index is 14.6. The monoisotopic (exact) mass is 737 g/mol. The van der Waals surface area contributed by atoms with Gasteiger partial charge in [0.1, 0.15) is 28.0 Å². The summed E-state index contributed by atoms with van der Waals surface area (Å²) in [5.74, 6) is 0.182. The Bertz CT molecular complexity index is 1900. The molecule has 2 amide bonds. The first-order valence-electron chi connectivity index (χ1n) is 17.7. The molecule has 2 aromatic carbocycles. The molecule has 274 valence electrons. The summed E-state index contributed by atoms with van der Waals surface area (Å²) >= 11 is 6.46. The van der Waals surface area contributed by atoms with Gasteiger partial charge in [-0.1, -0.05) is 36.7 Å². The maximum Gasteiger partial charge on any atom is 0.299 e. The summed E-state index contributed by atoms with van der Waals surface area (Å²) < 4.78 is 44.7. The molecule has 1 aromatic heterocycles. The summed E-state index contributed by atoms with van der Waals surface area (Å²) in [6.07, 6.45) is 9.44. The molecule has 1 saturated carbocycles. The summed E-state index contributed by atoms with van der Waals surface area (Å²) in [5.41, 5.74) is 4.12. The van der Waals surface area contributed by atoms with E-state index in [4.69, 9.17) is 30.2 Å². The third-order valence-electron chi connectivity index (χ3n) is 10.2. The zero-order valence-corrected chi connectivity index (χ0v) is 31.4. The summed E-state index contributed by atoms with van der Waals surface area (Å²) in [6, 6.07) is 12.9. The number of carbonyl (C=O) groups is 2. The van der Waals surface area contributed by atoms with Gasteiger partial charge >= 0.3 is 0 Å². The number of halogens is 1. The lowest BCUT2D eigenvalue weighted by Crippen LogP contribution is -2.43. The molecular formula is C39H48ClN3O7S. The number of benzene rings is 2. The molecule has 12 heteroatoms. The van der Waals surface area contributed by atoms with E-state index in [1.54, 1.807) is 38.3 Å². The SMILES string of the molecule is COCc1oc(C(=O)NS2(=O)=NC(=O)c3ccc4c(c3)N(Cc3ccc(Cl)cc3CCCCO4)C[C@@H]3CC[C@H]3[C@@H](OC)/C=C/C[C@H](C)C2)cc1C. The topological polar surface area (TPSA) is 120 Å². The quantitative estimate of drug-likeness (QED) is 0.265. The molecule has 0 saturated heterocycles. The Hall–Kier alpha value is -3.64. The lowest BCUT2D eigenvalue weighted by molar-refractivity contribution is 0.0133. The van der Waals surface area contributed by atoms with Crippen molar-refractivity contribution in [2.24, 2.45) is 22.1 Å². The van der Waals surface area contributed by atoms with Crippen LogP contribution in [0.2, 0.25) is 5.02 Å². The van der Waals surface area contributed by atoms with Crippen LogP contribution in [0.3, 0.4) is 0 Å². The van der Waals surface area contributed by atoms with E-state index in [1.807, 2.05) is 13.0 Å². The number of aryl methyl sites for hydroxylation is 2. The fourth-order valence-electron chi connectivity index (χ4n) is 7.28. The van der Waals surface area contributed by atoms with Crippen LogP contribution in [0.5, 0.6) is 5.75 Å². The minimum atomic E-state index is -3.60. The van der Waals surface area contributed by atoms with Gasteiger partial charge < -0.3 is 23.5 Å². The first-order valence-corrected chi connectivity index (χ1v) is 19.8. The normalized spacial score (nSPS) is 26.3. The Kier molecular flexibility index (Phi) is 11.9. The van der Waals surface area contributed by atoms with Crippen LogP contribution in [0.1, 0.15) is 82.4 Å². The van der Waals surface area contributed by atoms with Crippen LogP contribution in [0.4, 0.5) is 5.69 Å². The van der Waals surface area contributed by atoms with Gasteiger partial charge in [-0.25, -0.2) is 4.21 Å². The van der Waals surface area contributed by atoms with E-state index in [9.17, 15) is 13.8 Å². The zero-order valence-electron chi connectivity index (χ0n) is 29.8. The number of hydrogen-bond acceptors (Lipinski definition) is 8. The van der Waals surface area contributed by atoms with E-state index in [2.05, 4.69) is 38.3 Å². The summed E-state index contributed by atoms with van der Waals surface area (Å²) in [7, 11) is -0.321. The predicted molar refractivity (Wildman–Crippen MR) is 199 cm³/mol. The highest BCUT2D eigenvalue weighted by molar-refractivity contribution is 7.92. The number of nitrogens with zero attached hydrogens (tertiary/aromatic N) is 2. The van der Waals surface area contributed by atoms with Gasteiger partial charge in [-0.15, -0.1) is 4.36 Å². The number of rotatable bonds is 5. The number of ether oxygens (including phenoxy) is 3. The number of anilines is 1. The number of hydrogen-bond donors (Lipinski definition) is 1. The van der Waals surface area contributed by atoms with Crippen molar-refractivity contribution in [3.05, 3.63) is 93.4 Å². The van der Waals surface area contributed by atoms with E-state index in [1.165, 1.54) is 18.2 Å². The van der Waals surface area contributed by atoms with Crippen molar-refractivity contribution >= 4 is 39.0 Å². The lowest BCUT2D eigenvalue weighted by Gasteiger charge is -2.43. The van der Waals surface area contributed by atoms with Crippen molar-refractivity contribution in [1.82, 2.24) is 4.72 Å². The smallest absolute Gasteiger partial charge is 0.299 e. The van der Waals surface area contributed by atoms with E-state index < -0.39 is 21.7 Å². The average molecular weight is 738 g/mol. The summed E-state index contributed by atoms with van der Waals surface area (Å²) in [6.45, 7) is 5.75. The Morgan fingerprint density at radius 3 is 2.73 bits per heavy atom. The standard InChI is InChI=1S/C39H48ClN3O7S/c1-25-8-7-10-34(48-4)32-15-12-30(32)22-43-21-29-11-14-31(40)19-27(29)9-5-6-17-49-35-16-13-28(20-33(35)43)38(44)41-51(46,24-25)42-39(45)36-18-26(2)37(50-36)23-47-3/h7,10-11,13-14,16,18-20,25,30,32,34H,5-6,8-9,12,15,17,21-24H2,1-4H3,(H,41,42,44,45,46)/b10-7+/t25-,30-,32+,34-,51?/m0/s1. The van der Waals surface area contributed by atoms with Gasteiger partial charge in [0.15, 0.2) is 5.76 Å². The molecule has 51 heavy (non-hydrogen) atoms. The molecule has 0 radical (unpaired) electrons. The molecule has 1 N–H and O–H groups in total. The molecule has 3 heterocycles. The number of furan rings is 1. The van der Waals surface area contributed by atoms with E-state index >= 15 is 0 Å². The minimum absolute atomic E-state index is 0.0269. The molecule has 1 unspecified atom stereocenters. The van der Waals surface area contributed by atoms with Crippen molar-refractivity contribution in [2.75, 3.05) is 38.0 Å². The molecule has 5 atom stereocenters. The maximum atomic E-state index is 14.6. The van der Waals surface area contributed by atoms with E-state index in [0.29, 0.717) is 47.9 Å². The average Bonchev–Trinajstić information content (AvgIpc) is 3.44. The van der Waals surface area contributed by atoms with Crippen molar-refractivity contribution in [3.8, 4) is 5.75 Å². The fraction of sp³-hybridized carbons (Fsp3) is 0.487. The first-order chi connectivity index (χ1) is 24.6. The molecule has 1 fully saturated rings. The molecule has 6 rings (SSSR count). The third-order valence-corrected chi connectivity index (χ3v) is 12.4. The molecular weight excluding hydrogens is 690 g/mol. The minimum Gasteiger partial charge on any atom is -0.491 e. The van der Waals surface area contributed by atoms with Gasteiger partial charge in [0.2, 0.25) is 0 Å². The first kappa shape index (κ1) is 37.1. The molecule has 10 nitrogen and oxygen atoms in total. The van der Waals surface area contributed by atoms with Crippen molar-refractivity contribution < 1.29 is 32.4 Å². The molecule has 2 bridgehead atoms. The van der Waals surface area contributed by atoms with Gasteiger partial charge in [0.05, 0.1) is 24.2 Å². The predicted octanol–water partition coefficient (Wildman–Crippen LogP) is 7.70. The van der Waals surface area contributed by atoms with Gasteiger partial charge in [-0.05, 0) is 116 Å². The summed E-state index contributed by atoms with van der Waals surface area (Å²) in [5, 5.41) is 0.708. The number of nitrogens with one attached hydrogen (secondary N) is 1. The number of amides is 2. The molecule has 1 aliphatic carbocycles. The molecule has 2 aliphatic heterocycles. The third kappa shape index (κ3) is 8.88. The second-order valence-electron chi connectivity index (χ2n) is 14.0. The lowest BCUT2D eigenvalue weighted by atomic mass is 9.70. The number of fused-ring (bicyclic) bond motifs is 3. The van der Waals surface area contributed by atoms with Crippen LogP contribution in [-0.4, -0.2) is 55.3 Å². The van der Waals surface area contributed by atoms with Crippen LogP contribution in [0.15, 0.2) is 63.4 Å². The number of carbonyl (C=O) groups excluding carboxylic acids is 2. The second kappa shape index (κ2) is 16.4. The van der Waals surface area contributed by atoms with Gasteiger partial charge in [0, 0.05) is 37.9 Å². The van der Waals surface area contributed by atoms with Crippen LogP contribution in [0, 0.1) is 24.7 Å². The fourth-order valence-corrected chi connectivity index (χ4v) is 9.35. The van der Waals surface area contributed by atoms with Crippen LogP contribution >= 0.6 is 11.6 Å². The van der Waals surface area contributed by atoms with Gasteiger partial charge in [-0.3, -0.25) is 14.3 Å². The Labute approximate surface area is 306 Å². The Balaban J connectivity index is 1.43. The highest BCUT2D eigenvalue weighted by atomic mass is 35.5. The highest BCUT2D eigenvalue weighted by Gasteiger charge is 2.38. The van der Waals surface area contributed by atoms with Gasteiger partial charge in [0.25, 0.3) is 11.8 Å². The Morgan fingerprint density at radius 2 is 1.96 bits per heavy atom. The molecule has 0 spiro atoms. The molecule has 3 aliphatic rings. The summed E-state index contributed by atoms with van der Waals surface area (Å²) in [4.78, 5) is 29.8. The van der Waals surface area contributed by atoms with Crippen molar-refractivity contribution in [3.63, 3.8) is 0 Å².